The zero-order chi connectivity index (χ0) is 24.9. The Hall–Kier alpha value is -3.67. The topological polar surface area (TPSA) is 157 Å². The number of carbonyl (C=O) groups is 1. The summed E-state index contributed by atoms with van der Waals surface area (Å²) in [6, 6.07) is 6.33. The van der Waals surface area contributed by atoms with Crippen LogP contribution < -0.4 is 27.8 Å². The van der Waals surface area contributed by atoms with Gasteiger partial charge in [0.15, 0.2) is 0 Å². The minimum atomic E-state index is -4.61. The fraction of sp³-hybridized carbons (Fsp3) is 0.364. The van der Waals surface area contributed by atoms with E-state index in [-0.39, 0.29) is 23.0 Å². The van der Waals surface area contributed by atoms with Crippen molar-refractivity contribution in [3.05, 3.63) is 47.8 Å². The van der Waals surface area contributed by atoms with Crippen molar-refractivity contribution in [3.8, 4) is 0 Å². The van der Waals surface area contributed by atoms with Gasteiger partial charge in [0.05, 0.1) is 11.2 Å². The summed E-state index contributed by atoms with van der Waals surface area (Å²) in [5.41, 5.74) is 16.1. The molecule has 9 nitrogen and oxygen atoms in total. The Balaban J connectivity index is 1.77. The number of halogens is 3. The van der Waals surface area contributed by atoms with Crippen LogP contribution in [0.25, 0.3) is 0 Å². The van der Waals surface area contributed by atoms with Crippen LogP contribution in [0.4, 0.5) is 36.3 Å². The normalized spacial score (nSPS) is 21.4. The van der Waals surface area contributed by atoms with Crippen LogP contribution in [0, 0.1) is 0 Å². The summed E-state index contributed by atoms with van der Waals surface area (Å²) in [6.07, 6.45) is 2.24. The molecule has 12 heteroatoms. The van der Waals surface area contributed by atoms with Crippen LogP contribution in [0.3, 0.4) is 0 Å². The molecule has 8 N–H and O–H groups in total. The number of nitrogens with two attached hydrogens (primary N) is 3. The third-order valence-electron chi connectivity index (χ3n) is 5.67. The number of rotatable bonds is 7. The van der Waals surface area contributed by atoms with Crippen LogP contribution in [-0.4, -0.2) is 39.8 Å². The van der Waals surface area contributed by atoms with Gasteiger partial charge in [0, 0.05) is 24.1 Å². The molecule has 0 bridgehead atoms. The first-order valence-electron chi connectivity index (χ1n) is 10.6. The molecule has 2 atom stereocenters. The van der Waals surface area contributed by atoms with Crippen molar-refractivity contribution in [2.75, 3.05) is 10.6 Å². The van der Waals surface area contributed by atoms with Crippen molar-refractivity contribution in [3.63, 3.8) is 0 Å². The summed E-state index contributed by atoms with van der Waals surface area (Å²) >= 11 is 0. The SMILES string of the molecule is C[C@@]1(Nc2ncc(C(N)=O)c(Nc3ccc(N=CC=C(N)C(F)(F)F)cc3)n2)CCCC[C@@H]1N. The monoisotopic (exact) mass is 476 g/mol. The molecule has 1 aromatic heterocycles. The number of anilines is 3. The minimum Gasteiger partial charge on any atom is -0.395 e. The van der Waals surface area contributed by atoms with Crippen LogP contribution in [0.5, 0.6) is 0 Å². The second kappa shape index (κ2) is 10.1. The van der Waals surface area contributed by atoms with Gasteiger partial charge >= 0.3 is 6.18 Å². The molecule has 2 aromatic rings. The summed E-state index contributed by atoms with van der Waals surface area (Å²) in [7, 11) is 0. The van der Waals surface area contributed by atoms with E-state index in [1.54, 1.807) is 24.3 Å². The Kier molecular flexibility index (Phi) is 7.40. The predicted octanol–water partition coefficient (Wildman–Crippen LogP) is 3.50. The molecular formula is C22H27F3N8O. The van der Waals surface area contributed by atoms with Crippen LogP contribution in [0.15, 0.2) is 47.2 Å². The molecular weight excluding hydrogens is 449 g/mol. The second-order valence-corrected chi connectivity index (χ2v) is 8.28. The van der Waals surface area contributed by atoms with E-state index in [0.717, 1.165) is 31.9 Å². The highest BCUT2D eigenvalue weighted by molar-refractivity contribution is 5.98. The van der Waals surface area contributed by atoms with Gasteiger partial charge in [-0.05, 0) is 50.1 Å². The van der Waals surface area contributed by atoms with Gasteiger partial charge in [0.2, 0.25) is 5.95 Å². The lowest BCUT2D eigenvalue weighted by molar-refractivity contribution is -0.0925. The van der Waals surface area contributed by atoms with E-state index in [2.05, 4.69) is 25.6 Å². The van der Waals surface area contributed by atoms with E-state index in [1.807, 2.05) is 6.92 Å². The average molecular weight is 477 g/mol. The van der Waals surface area contributed by atoms with Crippen LogP contribution >= 0.6 is 0 Å². The lowest BCUT2D eigenvalue weighted by Gasteiger charge is -2.40. The summed E-state index contributed by atoms with van der Waals surface area (Å²) in [5, 5.41) is 6.32. The summed E-state index contributed by atoms with van der Waals surface area (Å²) in [4.78, 5) is 24.4. The number of amides is 1. The molecule has 1 fully saturated rings. The Morgan fingerprint density at radius 3 is 2.56 bits per heavy atom. The Morgan fingerprint density at radius 1 is 1.24 bits per heavy atom. The number of hydrogen-bond donors (Lipinski definition) is 5. The zero-order valence-electron chi connectivity index (χ0n) is 18.6. The van der Waals surface area contributed by atoms with Crippen molar-refractivity contribution in [1.82, 2.24) is 9.97 Å². The van der Waals surface area contributed by atoms with E-state index in [1.165, 1.54) is 6.20 Å². The van der Waals surface area contributed by atoms with Crippen molar-refractivity contribution < 1.29 is 18.0 Å². The molecule has 1 aliphatic rings. The quantitative estimate of drug-likeness (QED) is 0.383. The molecule has 1 heterocycles. The maximum absolute atomic E-state index is 12.4. The smallest absolute Gasteiger partial charge is 0.395 e. The minimum absolute atomic E-state index is 0.0634. The number of carbonyl (C=O) groups excluding carboxylic acids is 1. The number of primary amides is 1. The molecule has 0 unspecified atom stereocenters. The number of allylic oxidation sites excluding steroid dienone is 2. The van der Waals surface area contributed by atoms with Crippen molar-refractivity contribution in [2.24, 2.45) is 22.2 Å². The van der Waals surface area contributed by atoms with Crippen molar-refractivity contribution in [2.45, 2.75) is 50.4 Å². The Morgan fingerprint density at radius 2 is 1.94 bits per heavy atom. The largest absolute Gasteiger partial charge is 0.430 e. The second-order valence-electron chi connectivity index (χ2n) is 8.28. The number of benzene rings is 1. The Bertz CT molecular complexity index is 1080. The first kappa shape index (κ1) is 25.0. The molecule has 1 aromatic carbocycles. The zero-order valence-corrected chi connectivity index (χ0v) is 18.6. The van der Waals surface area contributed by atoms with Gasteiger partial charge in [-0.1, -0.05) is 12.8 Å². The summed E-state index contributed by atoms with van der Waals surface area (Å²) in [6.45, 7) is 2.02. The first-order chi connectivity index (χ1) is 16.0. The van der Waals surface area contributed by atoms with Gasteiger partial charge < -0.3 is 27.8 Å². The molecule has 0 radical (unpaired) electrons. The number of nitrogens with one attached hydrogen (secondary N) is 2. The molecule has 182 valence electrons. The van der Waals surface area contributed by atoms with Gasteiger partial charge in [-0.3, -0.25) is 9.79 Å². The average Bonchev–Trinajstić information content (AvgIpc) is 2.76. The standard InChI is InChI=1S/C22H27F3N8O/c1-21(10-3-2-4-16(21)26)33-20-30-12-15(18(28)34)19(32-20)31-14-7-5-13(6-8-14)29-11-9-17(27)22(23,24)25/h5-9,11-12,16H,2-4,10,26-27H2,1H3,(H2,28,34)(H2,30,31,32,33)/t16-,21+/m0/s1. The summed E-state index contributed by atoms with van der Waals surface area (Å²) < 4.78 is 37.2. The Labute approximate surface area is 194 Å². The van der Waals surface area contributed by atoms with E-state index >= 15 is 0 Å². The lowest BCUT2D eigenvalue weighted by atomic mass is 9.79. The molecule has 3 rings (SSSR count). The third-order valence-corrected chi connectivity index (χ3v) is 5.67. The number of nitrogens with zero attached hydrogens (tertiary/aromatic N) is 3. The fourth-order valence-electron chi connectivity index (χ4n) is 3.55. The number of alkyl halides is 3. The van der Waals surface area contributed by atoms with Crippen LogP contribution in [-0.2, 0) is 0 Å². The molecule has 0 aliphatic heterocycles. The molecule has 0 saturated heterocycles. The number of hydrogen-bond acceptors (Lipinski definition) is 8. The van der Waals surface area contributed by atoms with Gasteiger partial charge in [-0.2, -0.15) is 18.2 Å². The van der Waals surface area contributed by atoms with E-state index in [0.29, 0.717) is 23.4 Å². The molecule has 0 spiro atoms. The van der Waals surface area contributed by atoms with Crippen LogP contribution in [0.2, 0.25) is 0 Å². The lowest BCUT2D eigenvalue weighted by Crippen LogP contribution is -2.53. The molecule has 1 amide bonds. The molecule has 1 saturated carbocycles. The highest BCUT2D eigenvalue weighted by Gasteiger charge is 2.35. The first-order valence-corrected chi connectivity index (χ1v) is 10.6. The van der Waals surface area contributed by atoms with E-state index in [4.69, 9.17) is 17.2 Å². The number of aliphatic imine (C=N–C) groups is 1. The number of aromatic nitrogens is 2. The fourth-order valence-corrected chi connectivity index (χ4v) is 3.55. The van der Waals surface area contributed by atoms with Crippen LogP contribution in [0.1, 0.15) is 43.0 Å². The third kappa shape index (κ3) is 6.22. The molecule has 34 heavy (non-hydrogen) atoms. The highest BCUT2D eigenvalue weighted by Crippen LogP contribution is 2.30. The molecule has 1 aliphatic carbocycles. The predicted molar refractivity (Wildman–Crippen MR) is 125 cm³/mol. The maximum atomic E-state index is 12.4. The van der Waals surface area contributed by atoms with E-state index in [9.17, 15) is 18.0 Å². The maximum Gasteiger partial charge on any atom is 0.430 e. The van der Waals surface area contributed by atoms with Crippen molar-refractivity contribution in [1.29, 1.82) is 0 Å². The summed E-state index contributed by atoms with van der Waals surface area (Å²) in [5.74, 6) is -0.192. The van der Waals surface area contributed by atoms with Gasteiger partial charge in [0.1, 0.15) is 17.1 Å². The van der Waals surface area contributed by atoms with Crippen molar-refractivity contribution >= 4 is 35.3 Å². The van der Waals surface area contributed by atoms with Gasteiger partial charge in [-0.15, -0.1) is 0 Å². The van der Waals surface area contributed by atoms with Gasteiger partial charge in [0.25, 0.3) is 5.91 Å². The van der Waals surface area contributed by atoms with E-state index < -0.39 is 17.8 Å². The van der Waals surface area contributed by atoms with Gasteiger partial charge in [-0.25, -0.2) is 4.98 Å². The highest BCUT2D eigenvalue weighted by atomic mass is 19.4.